The van der Waals surface area contributed by atoms with Crippen LogP contribution in [0.3, 0.4) is 0 Å². The zero-order chi connectivity index (χ0) is 20.1. The van der Waals surface area contributed by atoms with Crippen LogP contribution in [0.5, 0.6) is 11.5 Å². The van der Waals surface area contributed by atoms with Gasteiger partial charge in [0.15, 0.2) is 5.78 Å². The predicted octanol–water partition coefficient (Wildman–Crippen LogP) is 4.64. The summed E-state index contributed by atoms with van der Waals surface area (Å²) in [6.45, 7) is 0. The third-order valence-electron chi connectivity index (χ3n) is 4.37. The predicted molar refractivity (Wildman–Crippen MR) is 109 cm³/mol. The maximum absolute atomic E-state index is 12.8. The van der Waals surface area contributed by atoms with Crippen molar-refractivity contribution >= 4 is 23.1 Å². The lowest BCUT2D eigenvalue weighted by atomic mass is 9.98. The van der Waals surface area contributed by atoms with Crippen molar-refractivity contribution in [2.75, 3.05) is 21.3 Å². The summed E-state index contributed by atoms with van der Waals surface area (Å²) in [5, 5.41) is 1.99. The summed E-state index contributed by atoms with van der Waals surface area (Å²) in [5.41, 5.74) is 2.61. The maximum atomic E-state index is 12.8. The van der Waals surface area contributed by atoms with Gasteiger partial charge >= 0.3 is 5.97 Å². The van der Waals surface area contributed by atoms with E-state index in [1.807, 2.05) is 23.6 Å². The number of ketones is 1. The summed E-state index contributed by atoms with van der Waals surface area (Å²) in [5.74, 6) is 0.781. The van der Waals surface area contributed by atoms with E-state index in [2.05, 4.69) is 4.74 Å². The highest BCUT2D eigenvalue weighted by Crippen LogP contribution is 2.38. The van der Waals surface area contributed by atoms with Gasteiger partial charge in [0.05, 0.1) is 26.9 Å². The van der Waals surface area contributed by atoms with Crippen LogP contribution in [-0.2, 0) is 11.2 Å². The first kappa shape index (κ1) is 19.6. The highest BCUT2D eigenvalue weighted by Gasteiger charge is 2.17. The molecule has 0 N–H and O–H groups in total. The molecule has 144 valence electrons. The zero-order valence-electron chi connectivity index (χ0n) is 15.9. The number of carbonyl (C=O) groups excluding carboxylic acids is 2. The Kier molecular flexibility index (Phi) is 6.11. The van der Waals surface area contributed by atoms with E-state index in [0.29, 0.717) is 22.6 Å². The van der Waals surface area contributed by atoms with Crippen LogP contribution in [0.4, 0.5) is 0 Å². The van der Waals surface area contributed by atoms with E-state index in [1.54, 1.807) is 55.9 Å². The molecule has 0 amide bonds. The number of benzene rings is 2. The molecule has 1 aromatic heterocycles. The molecule has 0 aliphatic heterocycles. The Balaban J connectivity index is 1.91. The number of ether oxygens (including phenoxy) is 3. The van der Waals surface area contributed by atoms with Crippen molar-refractivity contribution in [2.24, 2.45) is 0 Å². The first-order valence-electron chi connectivity index (χ1n) is 8.57. The molecule has 0 saturated heterocycles. The van der Waals surface area contributed by atoms with Crippen LogP contribution in [0.15, 0.2) is 53.9 Å². The Labute approximate surface area is 167 Å². The largest absolute Gasteiger partial charge is 0.496 e. The minimum Gasteiger partial charge on any atom is -0.496 e. The molecule has 3 rings (SSSR count). The molecule has 0 aliphatic carbocycles. The van der Waals surface area contributed by atoms with Gasteiger partial charge in [0.2, 0.25) is 0 Å². The average Bonchev–Trinajstić information content (AvgIpc) is 3.27. The molecule has 0 unspecified atom stereocenters. The van der Waals surface area contributed by atoms with Gasteiger partial charge in [0.25, 0.3) is 0 Å². The van der Waals surface area contributed by atoms with Gasteiger partial charge in [-0.2, -0.15) is 0 Å². The summed E-state index contributed by atoms with van der Waals surface area (Å²) < 4.78 is 15.7. The SMILES string of the molecule is COC(=O)c1ccc(C(=O)Cc2cc(-c3cccs3)c(OC)cc2OC)cc1. The minimum atomic E-state index is -0.434. The van der Waals surface area contributed by atoms with Crippen LogP contribution < -0.4 is 9.47 Å². The zero-order valence-corrected chi connectivity index (χ0v) is 16.7. The molecule has 0 atom stereocenters. The van der Waals surface area contributed by atoms with E-state index >= 15 is 0 Å². The molecule has 0 spiro atoms. The smallest absolute Gasteiger partial charge is 0.337 e. The molecule has 0 bridgehead atoms. The summed E-state index contributed by atoms with van der Waals surface area (Å²) in [6.07, 6.45) is 0.170. The van der Waals surface area contributed by atoms with E-state index in [-0.39, 0.29) is 12.2 Å². The number of esters is 1. The number of thiophene rings is 1. The molecular weight excluding hydrogens is 376 g/mol. The Bertz CT molecular complexity index is 975. The maximum Gasteiger partial charge on any atom is 0.337 e. The van der Waals surface area contributed by atoms with Gasteiger partial charge in [-0.15, -0.1) is 11.3 Å². The highest BCUT2D eigenvalue weighted by atomic mass is 32.1. The molecule has 2 aromatic carbocycles. The quantitative estimate of drug-likeness (QED) is 0.430. The molecule has 3 aromatic rings. The Morgan fingerprint density at radius 1 is 0.893 bits per heavy atom. The molecule has 0 aliphatic rings. The van der Waals surface area contributed by atoms with Crippen molar-refractivity contribution in [3.8, 4) is 21.9 Å². The summed E-state index contributed by atoms with van der Waals surface area (Å²) in [4.78, 5) is 25.4. The molecule has 1 heterocycles. The Morgan fingerprint density at radius 3 is 2.14 bits per heavy atom. The molecule has 0 radical (unpaired) electrons. The second kappa shape index (κ2) is 8.71. The van der Waals surface area contributed by atoms with E-state index < -0.39 is 5.97 Å². The lowest BCUT2D eigenvalue weighted by Crippen LogP contribution is -2.07. The topological polar surface area (TPSA) is 61.8 Å². The van der Waals surface area contributed by atoms with Crippen LogP contribution in [0.1, 0.15) is 26.3 Å². The number of rotatable bonds is 7. The van der Waals surface area contributed by atoms with Crippen LogP contribution >= 0.6 is 11.3 Å². The average molecular weight is 396 g/mol. The fraction of sp³-hybridized carbons (Fsp3) is 0.182. The Hall–Kier alpha value is -3.12. The van der Waals surface area contributed by atoms with E-state index in [0.717, 1.165) is 16.0 Å². The second-order valence-electron chi connectivity index (χ2n) is 6.01. The lowest BCUT2D eigenvalue weighted by Gasteiger charge is -2.14. The van der Waals surface area contributed by atoms with Gasteiger partial charge in [-0.1, -0.05) is 18.2 Å². The highest BCUT2D eigenvalue weighted by molar-refractivity contribution is 7.13. The van der Waals surface area contributed by atoms with Gasteiger partial charge < -0.3 is 14.2 Å². The molecule has 0 saturated carbocycles. The number of carbonyl (C=O) groups is 2. The van der Waals surface area contributed by atoms with E-state index in [1.165, 1.54) is 7.11 Å². The summed E-state index contributed by atoms with van der Waals surface area (Å²) in [6, 6.07) is 14.1. The van der Waals surface area contributed by atoms with Crippen molar-refractivity contribution in [2.45, 2.75) is 6.42 Å². The van der Waals surface area contributed by atoms with Crippen molar-refractivity contribution in [1.29, 1.82) is 0 Å². The van der Waals surface area contributed by atoms with Gasteiger partial charge in [0, 0.05) is 34.1 Å². The summed E-state index contributed by atoms with van der Waals surface area (Å²) >= 11 is 1.60. The summed E-state index contributed by atoms with van der Waals surface area (Å²) in [7, 11) is 4.50. The van der Waals surface area contributed by atoms with Crippen LogP contribution in [-0.4, -0.2) is 33.1 Å². The first-order valence-corrected chi connectivity index (χ1v) is 9.45. The van der Waals surface area contributed by atoms with Crippen LogP contribution in [0.2, 0.25) is 0 Å². The van der Waals surface area contributed by atoms with Crippen LogP contribution in [0.25, 0.3) is 10.4 Å². The second-order valence-corrected chi connectivity index (χ2v) is 6.96. The molecule has 0 fully saturated rings. The number of hydrogen-bond donors (Lipinski definition) is 0. The standard InChI is InChI=1S/C22H20O5S/c1-25-19-13-20(26-2)17(21-5-4-10-28-21)11-16(19)12-18(23)14-6-8-15(9-7-14)22(24)27-3/h4-11,13H,12H2,1-3H3. The third-order valence-corrected chi connectivity index (χ3v) is 5.27. The van der Waals surface area contributed by atoms with Crippen molar-refractivity contribution in [3.05, 3.63) is 70.6 Å². The van der Waals surface area contributed by atoms with Crippen molar-refractivity contribution in [3.63, 3.8) is 0 Å². The van der Waals surface area contributed by atoms with Gasteiger partial charge in [-0.25, -0.2) is 4.79 Å². The van der Waals surface area contributed by atoms with Crippen molar-refractivity contribution < 1.29 is 23.8 Å². The third kappa shape index (κ3) is 4.07. The molecular formula is C22H20O5S. The number of methoxy groups -OCH3 is 3. The van der Waals surface area contributed by atoms with Crippen LogP contribution in [0, 0.1) is 0 Å². The van der Waals surface area contributed by atoms with E-state index in [9.17, 15) is 9.59 Å². The first-order chi connectivity index (χ1) is 13.6. The minimum absolute atomic E-state index is 0.0722. The van der Waals surface area contributed by atoms with Gasteiger partial charge in [-0.05, 0) is 29.6 Å². The van der Waals surface area contributed by atoms with Gasteiger partial charge in [-0.3, -0.25) is 4.79 Å². The fourth-order valence-electron chi connectivity index (χ4n) is 2.91. The molecule has 6 heteroatoms. The van der Waals surface area contributed by atoms with Gasteiger partial charge in [0.1, 0.15) is 11.5 Å². The molecule has 5 nitrogen and oxygen atoms in total. The monoisotopic (exact) mass is 396 g/mol. The fourth-order valence-corrected chi connectivity index (χ4v) is 3.66. The van der Waals surface area contributed by atoms with Crippen molar-refractivity contribution in [1.82, 2.24) is 0 Å². The molecule has 28 heavy (non-hydrogen) atoms. The lowest BCUT2D eigenvalue weighted by molar-refractivity contribution is 0.0600. The number of hydrogen-bond acceptors (Lipinski definition) is 6. The van der Waals surface area contributed by atoms with E-state index in [4.69, 9.17) is 9.47 Å². The normalized spacial score (nSPS) is 10.4. The number of Topliss-reactive ketones (excluding diaryl/α,β-unsaturated/α-hetero) is 1. The Morgan fingerprint density at radius 2 is 1.57 bits per heavy atom.